The third-order valence-corrected chi connectivity index (χ3v) is 1.85. The van der Waals surface area contributed by atoms with Crippen LogP contribution in [-0.4, -0.2) is 36.2 Å². The Morgan fingerprint density at radius 3 is 2.75 bits per heavy atom. The molecular weight excluding hydrogens is 212 g/mol. The van der Waals surface area contributed by atoms with Gasteiger partial charge in [0, 0.05) is 13.0 Å². The minimum absolute atomic E-state index is 0.140. The highest BCUT2D eigenvalue weighted by molar-refractivity contribution is 5.84. The zero-order valence-corrected chi connectivity index (χ0v) is 9.23. The van der Waals surface area contributed by atoms with Crippen molar-refractivity contribution < 1.29 is 19.4 Å². The Morgan fingerprint density at radius 1 is 1.56 bits per heavy atom. The van der Waals surface area contributed by atoms with E-state index in [0.29, 0.717) is 13.0 Å². The second-order valence-corrected chi connectivity index (χ2v) is 3.15. The van der Waals surface area contributed by atoms with E-state index < -0.39 is 17.9 Å². The highest BCUT2D eigenvalue weighted by Crippen LogP contribution is 2.00. The van der Waals surface area contributed by atoms with Crippen LogP contribution >= 0.6 is 0 Å². The van der Waals surface area contributed by atoms with E-state index in [0.717, 1.165) is 0 Å². The predicted molar refractivity (Wildman–Crippen MR) is 55.5 cm³/mol. The van der Waals surface area contributed by atoms with Crippen LogP contribution in [0, 0.1) is 11.3 Å². The van der Waals surface area contributed by atoms with Crippen molar-refractivity contribution in [1.29, 1.82) is 5.26 Å². The molecule has 6 heteroatoms. The Kier molecular flexibility index (Phi) is 7.81. The highest BCUT2D eigenvalue weighted by atomic mass is 16.5. The largest absolute Gasteiger partial charge is 0.480 e. The van der Waals surface area contributed by atoms with Gasteiger partial charge in [0.05, 0.1) is 6.07 Å². The molecule has 0 unspecified atom stereocenters. The molecule has 0 aliphatic carbocycles. The molecule has 90 valence electrons. The number of rotatable bonds is 8. The number of aliphatic carboxylic acids is 1. The molecule has 0 aliphatic rings. The molecule has 1 amide bonds. The van der Waals surface area contributed by atoms with E-state index in [1.165, 1.54) is 0 Å². The number of amides is 1. The summed E-state index contributed by atoms with van der Waals surface area (Å²) in [6.45, 7) is 2.01. The van der Waals surface area contributed by atoms with Gasteiger partial charge in [-0.05, 0) is 19.8 Å². The maximum absolute atomic E-state index is 11.2. The smallest absolute Gasteiger partial charge is 0.326 e. The van der Waals surface area contributed by atoms with Crippen molar-refractivity contribution in [2.24, 2.45) is 0 Å². The second kappa shape index (κ2) is 8.68. The Balaban J connectivity index is 3.98. The number of nitriles is 1. The van der Waals surface area contributed by atoms with Gasteiger partial charge >= 0.3 is 5.97 Å². The first-order chi connectivity index (χ1) is 7.61. The van der Waals surface area contributed by atoms with E-state index in [9.17, 15) is 9.59 Å². The first-order valence-corrected chi connectivity index (χ1v) is 5.08. The summed E-state index contributed by atoms with van der Waals surface area (Å²) < 4.78 is 4.84. The number of carboxylic acid groups (broad SMARTS) is 1. The maximum atomic E-state index is 11.2. The fraction of sp³-hybridized carbons (Fsp3) is 0.700. The van der Waals surface area contributed by atoms with Crippen LogP contribution in [0.2, 0.25) is 0 Å². The van der Waals surface area contributed by atoms with E-state index in [1.54, 1.807) is 6.92 Å². The van der Waals surface area contributed by atoms with Crippen LogP contribution in [0.3, 0.4) is 0 Å². The fourth-order valence-corrected chi connectivity index (χ4v) is 1.07. The number of hydrogen-bond acceptors (Lipinski definition) is 4. The van der Waals surface area contributed by atoms with Crippen molar-refractivity contribution in [2.75, 3.05) is 13.2 Å². The second-order valence-electron chi connectivity index (χ2n) is 3.15. The van der Waals surface area contributed by atoms with Crippen LogP contribution in [0.25, 0.3) is 0 Å². The number of carbonyl (C=O) groups is 2. The Hall–Kier alpha value is -1.61. The van der Waals surface area contributed by atoms with Crippen molar-refractivity contribution >= 4 is 11.9 Å². The van der Waals surface area contributed by atoms with Crippen molar-refractivity contribution in [1.82, 2.24) is 5.32 Å². The Bertz CT molecular complexity index is 272. The quantitative estimate of drug-likeness (QED) is 0.581. The summed E-state index contributed by atoms with van der Waals surface area (Å²) in [4.78, 5) is 21.9. The number of ether oxygens (including phenoxy) is 1. The molecule has 6 nitrogen and oxygen atoms in total. The van der Waals surface area contributed by atoms with E-state index in [4.69, 9.17) is 15.1 Å². The van der Waals surface area contributed by atoms with E-state index in [2.05, 4.69) is 5.32 Å². The summed E-state index contributed by atoms with van der Waals surface area (Å²) >= 11 is 0. The lowest BCUT2D eigenvalue weighted by molar-refractivity contribution is -0.142. The van der Waals surface area contributed by atoms with Crippen LogP contribution in [0.5, 0.6) is 0 Å². The van der Waals surface area contributed by atoms with Gasteiger partial charge in [0.2, 0.25) is 5.91 Å². The molecule has 2 N–H and O–H groups in total. The Morgan fingerprint density at radius 2 is 2.25 bits per heavy atom. The van der Waals surface area contributed by atoms with Crippen molar-refractivity contribution in [3.63, 3.8) is 0 Å². The van der Waals surface area contributed by atoms with Crippen LogP contribution in [0.15, 0.2) is 0 Å². The summed E-state index contributed by atoms with van der Waals surface area (Å²) in [6.07, 6.45) is 0.980. The van der Waals surface area contributed by atoms with Crippen LogP contribution in [-0.2, 0) is 14.3 Å². The van der Waals surface area contributed by atoms with Gasteiger partial charge in [-0.2, -0.15) is 5.26 Å². The van der Waals surface area contributed by atoms with Gasteiger partial charge < -0.3 is 15.2 Å². The Labute approximate surface area is 94.2 Å². The first kappa shape index (κ1) is 14.4. The van der Waals surface area contributed by atoms with Crippen molar-refractivity contribution in [3.05, 3.63) is 0 Å². The third kappa shape index (κ3) is 6.79. The van der Waals surface area contributed by atoms with Gasteiger partial charge in [-0.25, -0.2) is 4.79 Å². The standard InChI is InChI=1S/C10H16N2O4/c1-2-16-7-9(13)12-8(10(14)15)5-3-4-6-11/h8H,2-5,7H2,1H3,(H,12,13)(H,14,15)/t8-/m0/s1. The molecule has 1 atom stereocenters. The molecule has 0 aromatic heterocycles. The SMILES string of the molecule is CCOCC(=O)N[C@@H](CCCC#N)C(=O)O. The topological polar surface area (TPSA) is 99.4 Å². The monoisotopic (exact) mass is 228 g/mol. The van der Waals surface area contributed by atoms with E-state index in [1.807, 2.05) is 6.07 Å². The maximum Gasteiger partial charge on any atom is 0.326 e. The molecule has 0 aromatic carbocycles. The minimum Gasteiger partial charge on any atom is -0.480 e. The summed E-state index contributed by atoms with van der Waals surface area (Å²) in [6, 6.07) is 0.976. The summed E-state index contributed by atoms with van der Waals surface area (Å²) in [5.41, 5.74) is 0. The van der Waals surface area contributed by atoms with Gasteiger partial charge in [0.1, 0.15) is 12.6 Å². The van der Waals surface area contributed by atoms with Gasteiger partial charge in [0.15, 0.2) is 0 Å². The number of unbranched alkanes of at least 4 members (excludes halogenated alkanes) is 1. The van der Waals surface area contributed by atoms with Crippen LogP contribution in [0.4, 0.5) is 0 Å². The van der Waals surface area contributed by atoms with Gasteiger partial charge in [-0.1, -0.05) is 0 Å². The molecule has 0 saturated heterocycles. The average molecular weight is 228 g/mol. The number of nitrogens with one attached hydrogen (secondary N) is 1. The molecular formula is C10H16N2O4. The van der Waals surface area contributed by atoms with E-state index in [-0.39, 0.29) is 19.4 Å². The molecule has 0 radical (unpaired) electrons. The predicted octanol–water partition coefficient (Wildman–Crippen LogP) is 0.286. The van der Waals surface area contributed by atoms with Gasteiger partial charge in [0.25, 0.3) is 0 Å². The fourth-order valence-electron chi connectivity index (χ4n) is 1.07. The molecule has 0 spiro atoms. The van der Waals surface area contributed by atoms with Crippen molar-refractivity contribution in [3.8, 4) is 6.07 Å². The molecule has 0 aliphatic heterocycles. The lowest BCUT2D eigenvalue weighted by Gasteiger charge is -2.13. The third-order valence-electron chi connectivity index (χ3n) is 1.85. The summed E-state index contributed by atoms with van der Waals surface area (Å²) in [7, 11) is 0. The molecule has 0 rings (SSSR count). The lowest BCUT2D eigenvalue weighted by Crippen LogP contribution is -2.42. The molecule has 0 aromatic rings. The zero-order chi connectivity index (χ0) is 12.4. The average Bonchev–Trinajstić information content (AvgIpc) is 2.25. The van der Waals surface area contributed by atoms with Gasteiger partial charge in [-0.15, -0.1) is 0 Å². The number of nitrogens with zero attached hydrogens (tertiary/aromatic N) is 1. The van der Waals surface area contributed by atoms with Crippen LogP contribution in [0.1, 0.15) is 26.2 Å². The van der Waals surface area contributed by atoms with Crippen molar-refractivity contribution in [2.45, 2.75) is 32.2 Å². The number of carboxylic acids is 1. The van der Waals surface area contributed by atoms with Gasteiger partial charge in [-0.3, -0.25) is 4.79 Å². The highest BCUT2D eigenvalue weighted by Gasteiger charge is 2.18. The molecule has 0 saturated carbocycles. The molecule has 0 bridgehead atoms. The molecule has 16 heavy (non-hydrogen) atoms. The first-order valence-electron chi connectivity index (χ1n) is 5.08. The normalized spacial score (nSPS) is 11.5. The number of hydrogen-bond donors (Lipinski definition) is 2. The summed E-state index contributed by atoms with van der Waals surface area (Å²) in [5.74, 6) is -1.55. The van der Waals surface area contributed by atoms with E-state index >= 15 is 0 Å². The number of carbonyl (C=O) groups excluding carboxylic acids is 1. The zero-order valence-electron chi connectivity index (χ0n) is 9.23. The van der Waals surface area contributed by atoms with Crippen LogP contribution < -0.4 is 5.32 Å². The summed E-state index contributed by atoms with van der Waals surface area (Å²) in [5, 5.41) is 19.5. The molecule has 0 fully saturated rings. The minimum atomic E-state index is -1.09. The lowest BCUT2D eigenvalue weighted by atomic mass is 10.1. The molecule has 0 heterocycles.